The summed E-state index contributed by atoms with van der Waals surface area (Å²) in [5, 5.41) is 4.22. The van der Waals surface area contributed by atoms with Crippen LogP contribution in [-0.4, -0.2) is 7.05 Å². The Hall–Kier alpha value is -0.790. The van der Waals surface area contributed by atoms with Gasteiger partial charge in [-0.1, -0.05) is 29.3 Å². The lowest BCUT2D eigenvalue weighted by molar-refractivity contribution is 0.652. The molecule has 1 aromatic rings. The van der Waals surface area contributed by atoms with Crippen LogP contribution in [0.4, 0.5) is 0 Å². The molecule has 1 aromatic carbocycles. The summed E-state index contributed by atoms with van der Waals surface area (Å²) in [6, 6.07) is 6.46. The molecular formula is C14H18ClN. The van der Waals surface area contributed by atoms with Crippen molar-refractivity contribution < 1.29 is 0 Å². The molecule has 0 bridgehead atoms. The van der Waals surface area contributed by atoms with E-state index in [0.717, 1.165) is 5.02 Å². The van der Waals surface area contributed by atoms with E-state index in [4.69, 9.17) is 11.6 Å². The highest BCUT2D eigenvalue weighted by Gasteiger charge is 2.18. The number of rotatable bonds is 3. The number of halogens is 1. The highest BCUT2D eigenvalue weighted by Crippen LogP contribution is 2.33. The minimum Gasteiger partial charge on any atom is -0.310 e. The standard InChI is InChI=1S/C14H18ClN/c1-10-7-8-12(15)9-13(10)14(16-2)11-5-3-4-6-11/h5,7-9,14,16H,3-4,6H2,1-2H3. The predicted molar refractivity (Wildman–Crippen MR) is 69.9 cm³/mol. The molecular weight excluding hydrogens is 218 g/mol. The van der Waals surface area contributed by atoms with E-state index in [0.29, 0.717) is 6.04 Å². The summed E-state index contributed by atoms with van der Waals surface area (Å²) < 4.78 is 0. The van der Waals surface area contributed by atoms with Crippen LogP contribution >= 0.6 is 11.6 Å². The van der Waals surface area contributed by atoms with Gasteiger partial charge in [0.1, 0.15) is 0 Å². The van der Waals surface area contributed by atoms with E-state index < -0.39 is 0 Å². The molecule has 0 fully saturated rings. The summed E-state index contributed by atoms with van der Waals surface area (Å²) in [6.07, 6.45) is 6.07. The van der Waals surface area contributed by atoms with Crippen molar-refractivity contribution in [2.45, 2.75) is 32.2 Å². The number of aryl methyl sites for hydroxylation is 1. The molecule has 86 valence electrons. The Kier molecular flexibility index (Phi) is 3.67. The maximum atomic E-state index is 6.08. The van der Waals surface area contributed by atoms with Crippen molar-refractivity contribution in [3.05, 3.63) is 46.0 Å². The van der Waals surface area contributed by atoms with Gasteiger partial charge in [-0.15, -0.1) is 0 Å². The Balaban J connectivity index is 2.35. The number of allylic oxidation sites excluding steroid dienone is 1. The zero-order chi connectivity index (χ0) is 11.5. The third-order valence-electron chi connectivity index (χ3n) is 3.29. The highest BCUT2D eigenvalue weighted by atomic mass is 35.5. The van der Waals surface area contributed by atoms with E-state index in [9.17, 15) is 0 Å². The first-order valence-corrected chi connectivity index (χ1v) is 6.22. The van der Waals surface area contributed by atoms with E-state index >= 15 is 0 Å². The second-order valence-corrected chi connectivity index (χ2v) is 4.83. The molecule has 16 heavy (non-hydrogen) atoms. The van der Waals surface area contributed by atoms with Gasteiger partial charge in [-0.2, -0.15) is 0 Å². The Morgan fingerprint density at radius 2 is 2.19 bits per heavy atom. The summed E-state index contributed by atoms with van der Waals surface area (Å²) in [4.78, 5) is 0. The fraction of sp³-hybridized carbons (Fsp3) is 0.429. The maximum absolute atomic E-state index is 6.08. The molecule has 1 aliphatic carbocycles. The molecule has 1 nitrogen and oxygen atoms in total. The van der Waals surface area contributed by atoms with Gasteiger partial charge in [0, 0.05) is 5.02 Å². The van der Waals surface area contributed by atoms with E-state index in [-0.39, 0.29) is 0 Å². The van der Waals surface area contributed by atoms with Crippen LogP contribution in [-0.2, 0) is 0 Å². The smallest absolute Gasteiger partial charge is 0.0536 e. The van der Waals surface area contributed by atoms with Crippen LogP contribution in [0.15, 0.2) is 29.8 Å². The summed E-state index contributed by atoms with van der Waals surface area (Å²) in [6.45, 7) is 2.14. The van der Waals surface area contributed by atoms with Crippen molar-refractivity contribution in [2.24, 2.45) is 0 Å². The lowest BCUT2D eigenvalue weighted by Crippen LogP contribution is -2.19. The molecule has 0 saturated carbocycles. The lowest BCUT2D eigenvalue weighted by Gasteiger charge is -2.20. The highest BCUT2D eigenvalue weighted by molar-refractivity contribution is 6.30. The maximum Gasteiger partial charge on any atom is 0.0536 e. The third kappa shape index (κ3) is 2.31. The molecule has 0 radical (unpaired) electrons. The van der Waals surface area contributed by atoms with Crippen molar-refractivity contribution in [3.63, 3.8) is 0 Å². The molecule has 0 aliphatic heterocycles. The lowest BCUT2D eigenvalue weighted by atomic mass is 9.94. The predicted octanol–water partition coefficient (Wildman–Crippen LogP) is 4.02. The van der Waals surface area contributed by atoms with Gasteiger partial charge in [0.2, 0.25) is 0 Å². The fourth-order valence-electron chi connectivity index (χ4n) is 2.42. The summed E-state index contributed by atoms with van der Waals surface area (Å²) in [5.74, 6) is 0. The van der Waals surface area contributed by atoms with Gasteiger partial charge in [0.25, 0.3) is 0 Å². The Morgan fingerprint density at radius 3 is 2.81 bits per heavy atom. The Morgan fingerprint density at radius 1 is 1.38 bits per heavy atom. The van der Waals surface area contributed by atoms with Gasteiger partial charge in [0.05, 0.1) is 6.04 Å². The van der Waals surface area contributed by atoms with E-state index in [1.54, 1.807) is 0 Å². The Labute approximate surface area is 103 Å². The second-order valence-electron chi connectivity index (χ2n) is 4.39. The monoisotopic (exact) mass is 235 g/mol. The number of nitrogens with one attached hydrogen (secondary N) is 1. The van der Waals surface area contributed by atoms with Crippen LogP contribution in [0.2, 0.25) is 5.02 Å². The summed E-state index contributed by atoms with van der Waals surface area (Å²) in [5.41, 5.74) is 4.12. The van der Waals surface area contributed by atoms with Gasteiger partial charge in [-0.25, -0.2) is 0 Å². The average Bonchev–Trinajstić information content (AvgIpc) is 2.78. The second kappa shape index (κ2) is 5.03. The molecule has 2 rings (SSSR count). The van der Waals surface area contributed by atoms with Gasteiger partial charge >= 0.3 is 0 Å². The number of hydrogen-bond donors (Lipinski definition) is 1. The van der Waals surface area contributed by atoms with Gasteiger partial charge < -0.3 is 5.32 Å². The molecule has 0 saturated heterocycles. The van der Waals surface area contributed by atoms with Crippen LogP contribution in [0, 0.1) is 6.92 Å². The molecule has 1 unspecified atom stereocenters. The van der Waals surface area contributed by atoms with E-state index in [1.165, 1.54) is 36.0 Å². The number of likely N-dealkylation sites (N-methyl/N-ethyl adjacent to an activating group) is 1. The molecule has 2 heteroatoms. The molecule has 1 N–H and O–H groups in total. The molecule has 1 atom stereocenters. The largest absolute Gasteiger partial charge is 0.310 e. The van der Waals surface area contributed by atoms with E-state index in [2.05, 4.69) is 30.4 Å². The van der Waals surface area contributed by atoms with Crippen molar-refractivity contribution >= 4 is 11.6 Å². The molecule has 0 amide bonds. The number of hydrogen-bond acceptors (Lipinski definition) is 1. The minimum atomic E-state index is 0.334. The Bertz CT molecular complexity index is 409. The van der Waals surface area contributed by atoms with Crippen LogP contribution < -0.4 is 5.32 Å². The zero-order valence-corrected chi connectivity index (χ0v) is 10.6. The normalized spacial score (nSPS) is 17.3. The molecule has 0 aromatic heterocycles. The fourth-order valence-corrected chi connectivity index (χ4v) is 2.60. The molecule has 0 heterocycles. The SMILES string of the molecule is CNC(C1=CCCC1)c1cc(Cl)ccc1C. The van der Waals surface area contributed by atoms with Crippen LogP contribution in [0.25, 0.3) is 0 Å². The van der Waals surface area contributed by atoms with Crippen molar-refractivity contribution in [2.75, 3.05) is 7.05 Å². The summed E-state index contributed by atoms with van der Waals surface area (Å²) in [7, 11) is 2.02. The first kappa shape index (κ1) is 11.7. The van der Waals surface area contributed by atoms with E-state index in [1.807, 2.05) is 13.1 Å². The van der Waals surface area contributed by atoms with Gasteiger partial charge in [-0.05, 0) is 56.5 Å². The zero-order valence-electron chi connectivity index (χ0n) is 9.89. The first-order chi connectivity index (χ1) is 7.72. The van der Waals surface area contributed by atoms with Crippen LogP contribution in [0.3, 0.4) is 0 Å². The third-order valence-corrected chi connectivity index (χ3v) is 3.52. The minimum absolute atomic E-state index is 0.334. The quantitative estimate of drug-likeness (QED) is 0.781. The molecule has 0 spiro atoms. The average molecular weight is 236 g/mol. The van der Waals surface area contributed by atoms with Crippen molar-refractivity contribution in [3.8, 4) is 0 Å². The van der Waals surface area contributed by atoms with Gasteiger partial charge in [-0.3, -0.25) is 0 Å². The number of benzene rings is 1. The van der Waals surface area contributed by atoms with Crippen LogP contribution in [0.1, 0.15) is 36.4 Å². The van der Waals surface area contributed by atoms with Gasteiger partial charge in [0.15, 0.2) is 0 Å². The van der Waals surface area contributed by atoms with Crippen LogP contribution in [0.5, 0.6) is 0 Å². The van der Waals surface area contributed by atoms with Crippen molar-refractivity contribution in [1.82, 2.24) is 5.32 Å². The van der Waals surface area contributed by atoms with Crippen molar-refractivity contribution in [1.29, 1.82) is 0 Å². The first-order valence-electron chi connectivity index (χ1n) is 5.84. The summed E-state index contributed by atoms with van der Waals surface area (Å²) >= 11 is 6.08. The topological polar surface area (TPSA) is 12.0 Å². The molecule has 1 aliphatic rings.